The summed E-state index contributed by atoms with van der Waals surface area (Å²) in [6.07, 6.45) is 2.82. The number of hydrogen-bond acceptors (Lipinski definition) is 2. The van der Waals surface area contributed by atoms with Crippen LogP contribution in [0, 0.1) is 6.92 Å². The van der Waals surface area contributed by atoms with Crippen molar-refractivity contribution >= 4 is 17.3 Å². The average Bonchev–Trinajstić information content (AvgIpc) is 3.13. The van der Waals surface area contributed by atoms with Crippen LogP contribution < -0.4 is 4.90 Å². The topological polar surface area (TPSA) is 6.48 Å². The summed E-state index contributed by atoms with van der Waals surface area (Å²) in [6, 6.07) is 7.26. The number of halogens is 1. The quantitative estimate of drug-likeness (QED) is 0.796. The van der Waals surface area contributed by atoms with Gasteiger partial charge in [0.2, 0.25) is 0 Å². The highest BCUT2D eigenvalue weighted by molar-refractivity contribution is 6.33. The van der Waals surface area contributed by atoms with Gasteiger partial charge >= 0.3 is 0 Å². The maximum absolute atomic E-state index is 6.32. The molecule has 1 aromatic carbocycles. The molecule has 1 aromatic rings. The largest absolute Gasteiger partial charge is 0.368 e. The lowest BCUT2D eigenvalue weighted by Gasteiger charge is -2.36. The van der Waals surface area contributed by atoms with Crippen molar-refractivity contribution in [3.05, 3.63) is 28.8 Å². The number of aryl methyl sites for hydroxylation is 1. The lowest BCUT2D eigenvalue weighted by Crippen LogP contribution is -2.47. The van der Waals surface area contributed by atoms with Crippen LogP contribution in [-0.2, 0) is 0 Å². The Hall–Kier alpha value is -0.730. The Balaban J connectivity index is 1.68. The van der Waals surface area contributed by atoms with Gasteiger partial charge < -0.3 is 4.90 Å². The van der Waals surface area contributed by atoms with Crippen LogP contribution >= 0.6 is 11.6 Å². The zero-order valence-electron chi connectivity index (χ0n) is 10.3. The van der Waals surface area contributed by atoms with E-state index in [1.807, 2.05) is 0 Å². The van der Waals surface area contributed by atoms with Crippen LogP contribution in [0.4, 0.5) is 5.69 Å². The predicted molar refractivity (Wildman–Crippen MR) is 73.0 cm³/mol. The van der Waals surface area contributed by atoms with Gasteiger partial charge in [-0.1, -0.05) is 17.7 Å². The fraction of sp³-hybridized carbons (Fsp3) is 0.571. The molecule has 1 saturated heterocycles. The van der Waals surface area contributed by atoms with Crippen molar-refractivity contribution < 1.29 is 0 Å². The standard InChI is InChI=1S/C14H19ClN2/c1-11-2-5-14(13(15)10-11)17-8-6-16(7-9-17)12-3-4-12/h2,5,10,12H,3-4,6-9H2,1H3. The molecule has 2 nitrogen and oxygen atoms in total. The zero-order valence-corrected chi connectivity index (χ0v) is 11.1. The van der Waals surface area contributed by atoms with Gasteiger partial charge in [-0.2, -0.15) is 0 Å². The average molecular weight is 251 g/mol. The van der Waals surface area contributed by atoms with Gasteiger partial charge in [-0.3, -0.25) is 4.90 Å². The van der Waals surface area contributed by atoms with E-state index in [0.29, 0.717) is 0 Å². The van der Waals surface area contributed by atoms with E-state index in [1.54, 1.807) is 0 Å². The third-order valence-electron chi connectivity index (χ3n) is 3.82. The van der Waals surface area contributed by atoms with Crippen LogP contribution in [0.1, 0.15) is 18.4 Å². The Labute approximate surface area is 108 Å². The van der Waals surface area contributed by atoms with E-state index < -0.39 is 0 Å². The van der Waals surface area contributed by atoms with Crippen molar-refractivity contribution in [3.8, 4) is 0 Å². The molecule has 1 aliphatic heterocycles. The maximum atomic E-state index is 6.32. The van der Waals surface area contributed by atoms with Gasteiger partial charge in [0.05, 0.1) is 10.7 Å². The van der Waals surface area contributed by atoms with E-state index in [2.05, 4.69) is 34.9 Å². The van der Waals surface area contributed by atoms with Gasteiger partial charge in [0.1, 0.15) is 0 Å². The number of benzene rings is 1. The molecule has 3 rings (SSSR count). The minimum absolute atomic E-state index is 0.893. The van der Waals surface area contributed by atoms with Crippen molar-refractivity contribution in [3.63, 3.8) is 0 Å². The molecule has 92 valence electrons. The van der Waals surface area contributed by atoms with Crippen LogP contribution in [0.3, 0.4) is 0 Å². The highest BCUT2D eigenvalue weighted by atomic mass is 35.5. The lowest BCUT2D eigenvalue weighted by atomic mass is 10.2. The molecule has 1 heterocycles. The van der Waals surface area contributed by atoms with E-state index in [1.165, 1.54) is 37.2 Å². The molecule has 0 bridgehead atoms. The molecule has 2 aliphatic rings. The van der Waals surface area contributed by atoms with Crippen molar-refractivity contribution in [2.24, 2.45) is 0 Å². The molecular weight excluding hydrogens is 232 g/mol. The fourth-order valence-electron chi connectivity index (χ4n) is 2.64. The first kappa shape index (κ1) is 11.4. The zero-order chi connectivity index (χ0) is 11.8. The highest BCUT2D eigenvalue weighted by Crippen LogP contribution is 2.31. The van der Waals surface area contributed by atoms with Crippen LogP contribution in [0.25, 0.3) is 0 Å². The number of hydrogen-bond donors (Lipinski definition) is 0. The minimum Gasteiger partial charge on any atom is -0.368 e. The van der Waals surface area contributed by atoms with Crippen molar-refractivity contribution in [2.45, 2.75) is 25.8 Å². The van der Waals surface area contributed by atoms with Crippen LogP contribution in [0.15, 0.2) is 18.2 Å². The van der Waals surface area contributed by atoms with Gasteiger partial charge in [0.25, 0.3) is 0 Å². The summed E-state index contributed by atoms with van der Waals surface area (Å²) in [7, 11) is 0. The van der Waals surface area contributed by atoms with Gasteiger partial charge in [-0.15, -0.1) is 0 Å². The summed E-state index contributed by atoms with van der Waals surface area (Å²) in [4.78, 5) is 5.04. The summed E-state index contributed by atoms with van der Waals surface area (Å²) in [5.41, 5.74) is 2.43. The summed E-state index contributed by atoms with van der Waals surface area (Å²) < 4.78 is 0. The second kappa shape index (κ2) is 4.51. The summed E-state index contributed by atoms with van der Waals surface area (Å²) in [6.45, 7) is 6.68. The first-order valence-electron chi connectivity index (χ1n) is 6.49. The molecule has 2 fully saturated rings. The fourth-order valence-corrected chi connectivity index (χ4v) is 2.99. The van der Waals surface area contributed by atoms with E-state index in [-0.39, 0.29) is 0 Å². The Morgan fingerprint density at radius 1 is 1.12 bits per heavy atom. The van der Waals surface area contributed by atoms with Gasteiger partial charge in [-0.25, -0.2) is 0 Å². The van der Waals surface area contributed by atoms with Gasteiger partial charge in [0, 0.05) is 32.2 Å². The monoisotopic (exact) mass is 250 g/mol. The van der Waals surface area contributed by atoms with Crippen molar-refractivity contribution in [1.82, 2.24) is 4.90 Å². The molecule has 0 spiro atoms. The Kier molecular flexibility index (Phi) is 3.01. The number of piperazine rings is 1. The third-order valence-corrected chi connectivity index (χ3v) is 4.12. The SMILES string of the molecule is Cc1ccc(N2CCN(C3CC3)CC2)c(Cl)c1. The van der Waals surface area contributed by atoms with E-state index in [4.69, 9.17) is 11.6 Å². The number of rotatable bonds is 2. The summed E-state index contributed by atoms with van der Waals surface area (Å²) in [5, 5.41) is 0.893. The molecule has 0 unspecified atom stereocenters. The molecule has 0 amide bonds. The van der Waals surface area contributed by atoms with E-state index in [0.717, 1.165) is 24.2 Å². The first-order chi connectivity index (χ1) is 8.24. The smallest absolute Gasteiger partial charge is 0.0642 e. The third kappa shape index (κ3) is 2.43. The molecule has 1 aliphatic carbocycles. The Morgan fingerprint density at radius 3 is 2.41 bits per heavy atom. The van der Waals surface area contributed by atoms with Crippen LogP contribution in [0.5, 0.6) is 0 Å². The van der Waals surface area contributed by atoms with Gasteiger partial charge in [-0.05, 0) is 37.5 Å². The van der Waals surface area contributed by atoms with Crippen molar-refractivity contribution in [1.29, 1.82) is 0 Å². The van der Waals surface area contributed by atoms with E-state index in [9.17, 15) is 0 Å². The molecule has 0 N–H and O–H groups in total. The normalized spacial score (nSPS) is 21.9. The van der Waals surface area contributed by atoms with Crippen molar-refractivity contribution in [2.75, 3.05) is 31.1 Å². The second-order valence-electron chi connectivity index (χ2n) is 5.21. The molecule has 17 heavy (non-hydrogen) atoms. The molecular formula is C14H19ClN2. The molecule has 0 radical (unpaired) electrons. The molecule has 1 saturated carbocycles. The summed E-state index contributed by atoms with van der Waals surface area (Å²) >= 11 is 6.32. The molecule has 3 heteroatoms. The maximum Gasteiger partial charge on any atom is 0.0642 e. The lowest BCUT2D eigenvalue weighted by molar-refractivity contribution is 0.248. The number of nitrogens with zero attached hydrogens (tertiary/aromatic N) is 2. The molecule has 0 aromatic heterocycles. The van der Waals surface area contributed by atoms with Gasteiger partial charge in [0.15, 0.2) is 0 Å². The molecule has 0 atom stereocenters. The van der Waals surface area contributed by atoms with Crippen LogP contribution in [-0.4, -0.2) is 37.1 Å². The van der Waals surface area contributed by atoms with Crippen LogP contribution in [0.2, 0.25) is 5.02 Å². The highest BCUT2D eigenvalue weighted by Gasteiger charge is 2.31. The Bertz CT molecular complexity index is 407. The number of anilines is 1. The second-order valence-corrected chi connectivity index (χ2v) is 5.62. The van der Waals surface area contributed by atoms with E-state index >= 15 is 0 Å². The first-order valence-corrected chi connectivity index (χ1v) is 6.87. The minimum atomic E-state index is 0.893. The Morgan fingerprint density at radius 2 is 1.82 bits per heavy atom. The predicted octanol–water partition coefficient (Wildman–Crippen LogP) is 2.93. The summed E-state index contributed by atoms with van der Waals surface area (Å²) in [5.74, 6) is 0.